The predicted molar refractivity (Wildman–Crippen MR) is 85.5 cm³/mol. The van der Waals surface area contributed by atoms with Crippen LogP contribution in [0.4, 0.5) is 0 Å². The summed E-state index contributed by atoms with van der Waals surface area (Å²) in [6.45, 7) is 15.6. The van der Waals surface area contributed by atoms with Gasteiger partial charge < -0.3 is 9.47 Å². The van der Waals surface area contributed by atoms with E-state index in [-0.39, 0.29) is 23.2 Å². The molecule has 1 saturated carbocycles. The normalized spacial score (nSPS) is 42.1. The number of hydrogen-bond donors (Lipinski definition) is 0. The molecule has 7 unspecified atom stereocenters. The van der Waals surface area contributed by atoms with Gasteiger partial charge in [0.25, 0.3) is 0 Å². The summed E-state index contributed by atoms with van der Waals surface area (Å²) in [5, 5.41) is 9.40. The zero-order chi connectivity index (χ0) is 16.6. The molecule has 0 aromatic heterocycles. The van der Waals surface area contributed by atoms with Crippen molar-refractivity contribution in [3.8, 4) is 6.07 Å². The Bertz CT molecular complexity index is 399. The number of methoxy groups -OCH3 is 2. The van der Waals surface area contributed by atoms with Gasteiger partial charge >= 0.3 is 0 Å². The average Bonchev–Trinajstić information content (AvgIpc) is 2.50. The van der Waals surface area contributed by atoms with Crippen molar-refractivity contribution in [3.63, 3.8) is 0 Å². The maximum atomic E-state index is 9.40. The molecule has 0 amide bonds. The zero-order valence-corrected chi connectivity index (χ0v) is 15.2. The molecule has 0 heterocycles. The summed E-state index contributed by atoms with van der Waals surface area (Å²) in [6, 6.07) is 2.42. The molecule has 0 saturated heterocycles. The molecule has 0 spiro atoms. The number of nitrogens with zero attached hydrogens (tertiary/aromatic N) is 1. The van der Waals surface area contributed by atoms with Crippen LogP contribution in [0.3, 0.4) is 0 Å². The van der Waals surface area contributed by atoms with E-state index in [9.17, 15) is 5.26 Å². The molecular formula is C18H33NO2. The Labute approximate surface area is 131 Å². The van der Waals surface area contributed by atoms with E-state index in [1.54, 1.807) is 14.2 Å². The Hall–Kier alpha value is -0.590. The van der Waals surface area contributed by atoms with Crippen molar-refractivity contribution >= 4 is 0 Å². The second-order valence-corrected chi connectivity index (χ2v) is 7.36. The van der Waals surface area contributed by atoms with E-state index in [4.69, 9.17) is 9.47 Å². The standard InChI is InChI=1S/C18H33NO2/c1-11(10-19)14(4)17(7)15(5)12(2)13(3)16(6)18(17,20-8)21-9/h11-16H,1-9H3. The van der Waals surface area contributed by atoms with Gasteiger partial charge in [0.2, 0.25) is 0 Å². The molecule has 1 aliphatic carbocycles. The van der Waals surface area contributed by atoms with Gasteiger partial charge in [-0.2, -0.15) is 5.26 Å². The van der Waals surface area contributed by atoms with Crippen molar-refractivity contribution in [2.45, 2.75) is 54.3 Å². The van der Waals surface area contributed by atoms with Crippen LogP contribution in [-0.4, -0.2) is 20.0 Å². The van der Waals surface area contributed by atoms with Crippen LogP contribution in [0.2, 0.25) is 0 Å². The van der Waals surface area contributed by atoms with Crippen LogP contribution in [0.15, 0.2) is 0 Å². The van der Waals surface area contributed by atoms with Crippen LogP contribution in [0.25, 0.3) is 0 Å². The molecule has 0 N–H and O–H groups in total. The van der Waals surface area contributed by atoms with Crippen LogP contribution in [0.5, 0.6) is 0 Å². The summed E-state index contributed by atoms with van der Waals surface area (Å²) in [6.07, 6.45) is 0. The largest absolute Gasteiger partial charge is 0.352 e. The van der Waals surface area contributed by atoms with Crippen molar-refractivity contribution in [3.05, 3.63) is 0 Å². The quantitative estimate of drug-likeness (QED) is 0.725. The van der Waals surface area contributed by atoms with Crippen LogP contribution in [0, 0.1) is 52.3 Å². The van der Waals surface area contributed by atoms with Gasteiger partial charge in [-0.3, -0.25) is 0 Å². The highest BCUT2D eigenvalue weighted by Crippen LogP contribution is 2.61. The number of ether oxygens (including phenoxy) is 2. The van der Waals surface area contributed by atoms with Gasteiger partial charge in [-0.25, -0.2) is 0 Å². The first kappa shape index (κ1) is 18.5. The highest BCUT2D eigenvalue weighted by Gasteiger charge is 2.64. The van der Waals surface area contributed by atoms with Crippen molar-refractivity contribution in [1.82, 2.24) is 0 Å². The molecular weight excluding hydrogens is 262 g/mol. The van der Waals surface area contributed by atoms with Crippen LogP contribution < -0.4 is 0 Å². The van der Waals surface area contributed by atoms with E-state index >= 15 is 0 Å². The summed E-state index contributed by atoms with van der Waals surface area (Å²) in [7, 11) is 3.49. The highest BCUT2D eigenvalue weighted by atomic mass is 16.7. The molecule has 0 aromatic rings. The van der Waals surface area contributed by atoms with Gasteiger partial charge in [0, 0.05) is 31.5 Å². The van der Waals surface area contributed by atoms with Gasteiger partial charge in [-0.1, -0.05) is 41.5 Å². The highest BCUT2D eigenvalue weighted by molar-refractivity contribution is 5.09. The summed E-state index contributed by atoms with van der Waals surface area (Å²) in [5.41, 5.74) is -0.211. The molecule has 0 bridgehead atoms. The van der Waals surface area contributed by atoms with E-state index in [1.807, 2.05) is 6.92 Å². The Morgan fingerprint density at radius 1 is 0.952 bits per heavy atom. The van der Waals surface area contributed by atoms with Crippen molar-refractivity contribution in [1.29, 1.82) is 5.26 Å². The second-order valence-electron chi connectivity index (χ2n) is 7.36. The first-order valence-corrected chi connectivity index (χ1v) is 8.15. The molecule has 0 aromatic carbocycles. The summed E-state index contributed by atoms with van der Waals surface area (Å²) < 4.78 is 12.1. The van der Waals surface area contributed by atoms with E-state index in [2.05, 4.69) is 47.6 Å². The second kappa shape index (κ2) is 6.26. The van der Waals surface area contributed by atoms with E-state index in [0.717, 1.165) is 0 Å². The first-order chi connectivity index (χ1) is 9.65. The third-order valence-electron chi connectivity index (χ3n) is 7.21. The predicted octanol–water partition coefficient (Wildman–Crippen LogP) is 4.34. The fourth-order valence-electron chi connectivity index (χ4n) is 4.87. The molecule has 1 fully saturated rings. The number of rotatable bonds is 4. The molecule has 3 nitrogen and oxygen atoms in total. The lowest BCUT2D eigenvalue weighted by molar-refractivity contribution is -0.355. The fourth-order valence-corrected chi connectivity index (χ4v) is 4.87. The summed E-state index contributed by atoms with van der Waals surface area (Å²) >= 11 is 0. The van der Waals surface area contributed by atoms with Gasteiger partial charge in [-0.05, 0) is 30.6 Å². The summed E-state index contributed by atoms with van der Waals surface area (Å²) in [4.78, 5) is 0. The molecule has 122 valence electrons. The summed E-state index contributed by atoms with van der Waals surface area (Å²) in [5.74, 6) is 1.27. The minimum absolute atomic E-state index is 0.0325. The van der Waals surface area contributed by atoms with Crippen molar-refractivity contribution in [2.75, 3.05) is 14.2 Å². The molecule has 1 aliphatic rings. The third kappa shape index (κ3) is 2.32. The Kier molecular flexibility index (Phi) is 5.51. The Balaban J connectivity index is 3.50. The topological polar surface area (TPSA) is 42.2 Å². The lowest BCUT2D eigenvalue weighted by atomic mass is 9.48. The monoisotopic (exact) mass is 295 g/mol. The molecule has 7 atom stereocenters. The average molecular weight is 295 g/mol. The molecule has 0 aliphatic heterocycles. The maximum Gasteiger partial charge on any atom is 0.176 e. The van der Waals surface area contributed by atoms with Crippen molar-refractivity contribution < 1.29 is 9.47 Å². The van der Waals surface area contributed by atoms with E-state index in [0.29, 0.717) is 17.8 Å². The Morgan fingerprint density at radius 2 is 1.38 bits per heavy atom. The van der Waals surface area contributed by atoms with Gasteiger partial charge in [0.15, 0.2) is 5.79 Å². The number of nitriles is 1. The molecule has 1 rings (SSSR count). The number of hydrogen-bond acceptors (Lipinski definition) is 3. The van der Waals surface area contributed by atoms with Crippen molar-refractivity contribution in [2.24, 2.45) is 40.9 Å². The van der Waals surface area contributed by atoms with E-state index < -0.39 is 5.79 Å². The van der Waals surface area contributed by atoms with Gasteiger partial charge in [-0.15, -0.1) is 0 Å². The smallest absolute Gasteiger partial charge is 0.176 e. The van der Waals surface area contributed by atoms with Gasteiger partial charge in [0.05, 0.1) is 6.07 Å². The van der Waals surface area contributed by atoms with Crippen LogP contribution in [-0.2, 0) is 9.47 Å². The first-order valence-electron chi connectivity index (χ1n) is 8.15. The third-order valence-corrected chi connectivity index (χ3v) is 7.21. The van der Waals surface area contributed by atoms with Crippen LogP contribution >= 0.6 is 0 Å². The minimum atomic E-state index is -0.650. The minimum Gasteiger partial charge on any atom is -0.352 e. The zero-order valence-electron chi connectivity index (χ0n) is 15.2. The van der Waals surface area contributed by atoms with Crippen LogP contribution in [0.1, 0.15) is 48.5 Å². The lowest BCUT2D eigenvalue weighted by Crippen LogP contribution is -2.67. The SMILES string of the molecule is COC1(OC)C(C)C(C)C(C)C(C)C1(C)C(C)C(C)C#N. The Morgan fingerprint density at radius 3 is 1.76 bits per heavy atom. The van der Waals surface area contributed by atoms with E-state index in [1.165, 1.54) is 0 Å². The maximum absolute atomic E-state index is 9.40. The molecule has 3 heteroatoms. The van der Waals surface area contributed by atoms with Gasteiger partial charge in [0.1, 0.15) is 0 Å². The molecule has 21 heavy (non-hydrogen) atoms. The fraction of sp³-hybridized carbons (Fsp3) is 0.944. The lowest BCUT2D eigenvalue weighted by Gasteiger charge is -2.63. The molecule has 0 radical (unpaired) electrons.